The first-order valence-electron chi connectivity index (χ1n) is 7.83. The Morgan fingerprint density at radius 1 is 1.29 bits per heavy atom. The van der Waals surface area contributed by atoms with Crippen LogP contribution in [0.4, 0.5) is 0 Å². The fourth-order valence-electron chi connectivity index (χ4n) is 2.79. The summed E-state index contributed by atoms with van der Waals surface area (Å²) in [6.07, 6.45) is 4.86. The van der Waals surface area contributed by atoms with E-state index in [4.69, 9.17) is 0 Å². The molecule has 1 aliphatic heterocycles. The third kappa shape index (κ3) is 7.24. The molecule has 1 saturated heterocycles. The summed E-state index contributed by atoms with van der Waals surface area (Å²) in [5.41, 5.74) is 0. The van der Waals surface area contributed by atoms with Gasteiger partial charge in [-0.05, 0) is 32.2 Å². The second-order valence-corrected chi connectivity index (χ2v) is 7.63. The number of hydrogen-bond donors (Lipinski definition) is 1. The van der Waals surface area contributed by atoms with Crippen LogP contribution in [0.2, 0.25) is 0 Å². The van der Waals surface area contributed by atoms with Crippen LogP contribution in [-0.4, -0.2) is 69.1 Å². The van der Waals surface area contributed by atoms with Gasteiger partial charge in [-0.1, -0.05) is 13.8 Å². The predicted octanol–water partition coefficient (Wildman–Crippen LogP) is 0.649. The minimum atomic E-state index is -3.18. The molecule has 0 aromatic carbocycles. The fourth-order valence-corrected chi connectivity index (χ4v) is 3.59. The molecule has 1 atom stereocenters. The van der Waals surface area contributed by atoms with Gasteiger partial charge >= 0.3 is 0 Å². The third-order valence-electron chi connectivity index (χ3n) is 3.58. The van der Waals surface area contributed by atoms with Crippen molar-refractivity contribution in [2.75, 3.05) is 39.0 Å². The maximum Gasteiger partial charge on any atom is 0.236 e. The minimum absolute atomic E-state index is 0.0765. The lowest BCUT2D eigenvalue weighted by molar-refractivity contribution is -0.132. The van der Waals surface area contributed by atoms with E-state index in [1.54, 1.807) is 0 Å². The third-order valence-corrected chi connectivity index (χ3v) is 4.35. The Morgan fingerprint density at radius 2 is 1.90 bits per heavy atom. The maximum atomic E-state index is 12.3. The number of rotatable bonds is 8. The van der Waals surface area contributed by atoms with Gasteiger partial charge in [0.05, 0.1) is 12.8 Å². The van der Waals surface area contributed by atoms with Gasteiger partial charge in [0, 0.05) is 25.7 Å². The van der Waals surface area contributed by atoms with Crippen molar-refractivity contribution in [3.8, 4) is 0 Å². The number of nitrogens with one attached hydrogen (secondary N) is 1. The quantitative estimate of drug-likeness (QED) is 0.713. The number of piperidine rings is 1. The highest BCUT2D eigenvalue weighted by Gasteiger charge is 2.24. The summed E-state index contributed by atoms with van der Waals surface area (Å²) < 4.78 is 25.3. The Morgan fingerprint density at radius 3 is 2.43 bits per heavy atom. The van der Waals surface area contributed by atoms with Crippen molar-refractivity contribution in [1.29, 1.82) is 0 Å². The van der Waals surface area contributed by atoms with Crippen molar-refractivity contribution in [2.45, 2.75) is 45.6 Å². The van der Waals surface area contributed by atoms with Crippen LogP contribution in [0.3, 0.4) is 0 Å². The molecule has 0 spiro atoms. The Kier molecular flexibility index (Phi) is 7.62. The zero-order valence-corrected chi connectivity index (χ0v) is 14.3. The second-order valence-electron chi connectivity index (χ2n) is 5.85. The van der Waals surface area contributed by atoms with Crippen molar-refractivity contribution < 1.29 is 13.2 Å². The minimum Gasteiger partial charge on any atom is -0.342 e. The van der Waals surface area contributed by atoms with Crippen LogP contribution in [0.5, 0.6) is 0 Å². The molecule has 124 valence electrons. The molecular weight excluding hydrogens is 290 g/mol. The Balaban J connectivity index is 2.51. The topological polar surface area (TPSA) is 69.7 Å². The van der Waals surface area contributed by atoms with E-state index in [1.165, 1.54) is 6.26 Å². The van der Waals surface area contributed by atoms with Gasteiger partial charge < -0.3 is 4.90 Å². The average molecular weight is 319 g/mol. The van der Waals surface area contributed by atoms with Crippen molar-refractivity contribution in [3.05, 3.63) is 0 Å². The predicted molar refractivity (Wildman–Crippen MR) is 84.6 cm³/mol. The molecule has 6 nitrogen and oxygen atoms in total. The van der Waals surface area contributed by atoms with Gasteiger partial charge in [-0.25, -0.2) is 13.1 Å². The van der Waals surface area contributed by atoms with Crippen LogP contribution >= 0.6 is 0 Å². The molecule has 1 rings (SSSR count). The first-order valence-corrected chi connectivity index (χ1v) is 9.72. The van der Waals surface area contributed by atoms with E-state index in [2.05, 4.69) is 23.5 Å². The lowest BCUT2D eigenvalue weighted by atomic mass is 10.1. The van der Waals surface area contributed by atoms with E-state index in [9.17, 15) is 13.2 Å². The smallest absolute Gasteiger partial charge is 0.236 e. The number of carbonyl (C=O) groups is 1. The number of nitrogens with zero attached hydrogens (tertiary/aromatic N) is 2. The van der Waals surface area contributed by atoms with Gasteiger partial charge in [-0.3, -0.25) is 9.69 Å². The molecule has 1 aliphatic rings. The maximum absolute atomic E-state index is 12.3. The summed E-state index contributed by atoms with van der Waals surface area (Å²) in [4.78, 5) is 16.3. The van der Waals surface area contributed by atoms with Crippen LogP contribution in [0.1, 0.15) is 39.5 Å². The van der Waals surface area contributed by atoms with Gasteiger partial charge in [-0.2, -0.15) is 0 Å². The molecule has 0 bridgehead atoms. The van der Waals surface area contributed by atoms with Crippen LogP contribution < -0.4 is 4.72 Å². The molecule has 1 heterocycles. The number of sulfonamides is 1. The van der Waals surface area contributed by atoms with Crippen molar-refractivity contribution in [2.24, 2.45) is 0 Å². The first kappa shape index (κ1) is 18.4. The van der Waals surface area contributed by atoms with Gasteiger partial charge in [0.15, 0.2) is 0 Å². The SMILES string of the molecule is CCCN(CCC)C(=O)CN1CCCC(NS(C)(=O)=O)C1. The molecule has 0 radical (unpaired) electrons. The van der Waals surface area contributed by atoms with E-state index in [-0.39, 0.29) is 11.9 Å². The highest BCUT2D eigenvalue weighted by molar-refractivity contribution is 7.88. The van der Waals surface area contributed by atoms with Crippen molar-refractivity contribution >= 4 is 15.9 Å². The molecule has 1 amide bonds. The fraction of sp³-hybridized carbons (Fsp3) is 0.929. The van der Waals surface area contributed by atoms with Gasteiger partial charge in [0.25, 0.3) is 0 Å². The second kappa shape index (κ2) is 8.70. The summed E-state index contributed by atoms with van der Waals surface area (Å²) in [5.74, 6) is 0.152. The highest BCUT2D eigenvalue weighted by Crippen LogP contribution is 2.11. The molecule has 7 heteroatoms. The van der Waals surface area contributed by atoms with E-state index >= 15 is 0 Å². The van der Waals surface area contributed by atoms with E-state index in [0.29, 0.717) is 13.1 Å². The molecule has 0 aliphatic carbocycles. The molecule has 1 unspecified atom stereocenters. The zero-order chi connectivity index (χ0) is 15.9. The summed E-state index contributed by atoms with van der Waals surface area (Å²) in [6, 6.07) is -0.0765. The zero-order valence-electron chi connectivity index (χ0n) is 13.5. The molecule has 1 fully saturated rings. The Labute approximate surface area is 128 Å². The standard InChI is InChI=1S/C14H29N3O3S/c1-4-8-17(9-5-2)14(18)12-16-10-6-7-13(11-16)15-21(3,19)20/h13,15H,4-12H2,1-3H3. The Hall–Kier alpha value is -0.660. The largest absolute Gasteiger partial charge is 0.342 e. The summed E-state index contributed by atoms with van der Waals surface area (Å²) in [6.45, 7) is 7.61. The van der Waals surface area contributed by atoms with Crippen molar-refractivity contribution in [3.63, 3.8) is 0 Å². The van der Waals surface area contributed by atoms with Crippen LogP contribution in [0.25, 0.3) is 0 Å². The Bertz CT molecular complexity index is 419. The van der Waals surface area contributed by atoms with Gasteiger partial charge in [-0.15, -0.1) is 0 Å². The number of carbonyl (C=O) groups excluding carboxylic acids is 1. The van der Waals surface area contributed by atoms with E-state index in [1.807, 2.05) is 4.90 Å². The highest BCUT2D eigenvalue weighted by atomic mass is 32.2. The number of hydrogen-bond acceptors (Lipinski definition) is 4. The van der Waals surface area contributed by atoms with Crippen molar-refractivity contribution in [1.82, 2.24) is 14.5 Å². The molecule has 1 N–H and O–H groups in total. The lowest BCUT2D eigenvalue weighted by Gasteiger charge is -2.33. The van der Waals surface area contributed by atoms with Crippen LogP contribution in [-0.2, 0) is 14.8 Å². The van der Waals surface area contributed by atoms with Crippen LogP contribution in [0.15, 0.2) is 0 Å². The average Bonchev–Trinajstić information content (AvgIpc) is 2.36. The molecule has 0 saturated carbocycles. The lowest BCUT2D eigenvalue weighted by Crippen LogP contribution is -2.50. The van der Waals surface area contributed by atoms with Gasteiger partial charge in [0.2, 0.25) is 15.9 Å². The molecule has 0 aromatic heterocycles. The normalized spacial score (nSPS) is 20.4. The summed E-state index contributed by atoms with van der Waals surface area (Å²) >= 11 is 0. The van der Waals surface area contributed by atoms with Crippen LogP contribution in [0, 0.1) is 0 Å². The molecule has 0 aromatic rings. The van der Waals surface area contributed by atoms with E-state index < -0.39 is 10.0 Å². The van der Waals surface area contributed by atoms with E-state index in [0.717, 1.165) is 45.3 Å². The summed E-state index contributed by atoms with van der Waals surface area (Å²) in [7, 11) is -3.18. The first-order chi connectivity index (χ1) is 9.85. The summed E-state index contributed by atoms with van der Waals surface area (Å²) in [5, 5.41) is 0. The molecular formula is C14H29N3O3S. The monoisotopic (exact) mass is 319 g/mol. The number of likely N-dealkylation sites (tertiary alicyclic amines) is 1. The number of amides is 1. The molecule has 21 heavy (non-hydrogen) atoms. The van der Waals surface area contributed by atoms with Gasteiger partial charge in [0.1, 0.15) is 0 Å².